The smallest absolute Gasteiger partial charge is 0.319 e. The topological polar surface area (TPSA) is 38.3 Å². The Labute approximate surface area is 118 Å². The molecule has 0 saturated heterocycles. The van der Waals surface area contributed by atoms with E-state index in [1.807, 2.05) is 0 Å². The van der Waals surface area contributed by atoms with Crippen molar-refractivity contribution in [2.24, 2.45) is 11.3 Å². The first-order chi connectivity index (χ1) is 9.08. The lowest BCUT2D eigenvalue weighted by atomic mass is 9.78. The first kappa shape index (κ1) is 16.5. The van der Waals surface area contributed by atoms with Crippen molar-refractivity contribution < 1.29 is 9.53 Å². The van der Waals surface area contributed by atoms with Crippen LogP contribution < -0.4 is 5.32 Å². The van der Waals surface area contributed by atoms with E-state index in [0.29, 0.717) is 18.6 Å². The maximum Gasteiger partial charge on any atom is 0.319 e. The van der Waals surface area contributed by atoms with E-state index in [1.165, 1.54) is 32.1 Å². The SMILES string of the molecule is CCCCOC(=O)CNCC1(CC(C)C)CCCC1. The standard InChI is InChI=1S/C16H31NO2/c1-4-5-10-19-15(18)12-17-13-16(11-14(2)3)8-6-7-9-16/h14,17H,4-13H2,1-3H3. The average Bonchev–Trinajstić information content (AvgIpc) is 2.77. The Morgan fingerprint density at radius 3 is 2.58 bits per heavy atom. The molecule has 0 amide bonds. The number of carbonyl (C=O) groups excluding carboxylic acids is 1. The summed E-state index contributed by atoms with van der Waals surface area (Å²) in [6.45, 7) is 8.58. The van der Waals surface area contributed by atoms with Gasteiger partial charge in [-0.25, -0.2) is 0 Å². The Hall–Kier alpha value is -0.570. The third-order valence-electron chi connectivity index (χ3n) is 4.04. The van der Waals surface area contributed by atoms with Gasteiger partial charge in [-0.2, -0.15) is 0 Å². The zero-order valence-corrected chi connectivity index (χ0v) is 13.0. The summed E-state index contributed by atoms with van der Waals surface area (Å²) in [7, 11) is 0. The van der Waals surface area contributed by atoms with Crippen LogP contribution in [0.15, 0.2) is 0 Å². The molecule has 112 valence electrons. The Kier molecular flexibility index (Phi) is 7.44. The molecule has 0 heterocycles. The van der Waals surface area contributed by atoms with Gasteiger partial charge in [-0.15, -0.1) is 0 Å². The van der Waals surface area contributed by atoms with E-state index in [1.54, 1.807) is 0 Å². The summed E-state index contributed by atoms with van der Waals surface area (Å²) < 4.78 is 5.16. The molecule has 0 aromatic heterocycles. The van der Waals surface area contributed by atoms with Gasteiger partial charge < -0.3 is 10.1 Å². The van der Waals surface area contributed by atoms with Gasteiger partial charge in [0.2, 0.25) is 0 Å². The van der Waals surface area contributed by atoms with E-state index < -0.39 is 0 Å². The van der Waals surface area contributed by atoms with Crippen molar-refractivity contribution in [2.75, 3.05) is 19.7 Å². The maximum absolute atomic E-state index is 11.5. The van der Waals surface area contributed by atoms with E-state index in [9.17, 15) is 4.79 Å². The number of rotatable bonds is 9. The predicted molar refractivity (Wildman–Crippen MR) is 79.1 cm³/mol. The minimum atomic E-state index is -0.105. The monoisotopic (exact) mass is 269 g/mol. The Morgan fingerprint density at radius 1 is 1.32 bits per heavy atom. The van der Waals surface area contributed by atoms with Crippen LogP contribution in [-0.2, 0) is 9.53 Å². The van der Waals surface area contributed by atoms with Crippen LogP contribution in [0.25, 0.3) is 0 Å². The van der Waals surface area contributed by atoms with Crippen LogP contribution >= 0.6 is 0 Å². The summed E-state index contributed by atoms with van der Waals surface area (Å²) in [6, 6.07) is 0. The molecule has 0 unspecified atom stereocenters. The lowest BCUT2D eigenvalue weighted by Gasteiger charge is -2.31. The normalized spacial score (nSPS) is 17.9. The highest BCUT2D eigenvalue weighted by molar-refractivity contribution is 5.71. The maximum atomic E-state index is 11.5. The van der Waals surface area contributed by atoms with E-state index in [2.05, 4.69) is 26.1 Å². The minimum Gasteiger partial charge on any atom is -0.465 e. The number of hydrogen-bond acceptors (Lipinski definition) is 3. The molecule has 0 spiro atoms. The largest absolute Gasteiger partial charge is 0.465 e. The summed E-state index contributed by atoms with van der Waals surface area (Å²) >= 11 is 0. The molecule has 1 aliphatic rings. The van der Waals surface area contributed by atoms with Crippen LogP contribution in [0.5, 0.6) is 0 Å². The lowest BCUT2D eigenvalue weighted by Crippen LogP contribution is -2.36. The van der Waals surface area contributed by atoms with Gasteiger partial charge in [0.05, 0.1) is 13.2 Å². The van der Waals surface area contributed by atoms with Crippen molar-refractivity contribution >= 4 is 5.97 Å². The molecule has 0 aliphatic heterocycles. The summed E-state index contributed by atoms with van der Waals surface area (Å²) in [6.07, 6.45) is 8.60. The summed E-state index contributed by atoms with van der Waals surface area (Å²) in [5.74, 6) is 0.627. The van der Waals surface area contributed by atoms with Gasteiger partial charge in [0, 0.05) is 6.54 Å². The molecule has 1 saturated carbocycles. The second kappa shape index (κ2) is 8.57. The molecular formula is C16H31NO2. The van der Waals surface area contributed by atoms with Gasteiger partial charge in [-0.3, -0.25) is 4.79 Å². The molecule has 0 atom stereocenters. The number of ether oxygens (including phenoxy) is 1. The third-order valence-corrected chi connectivity index (χ3v) is 4.04. The van der Waals surface area contributed by atoms with Crippen molar-refractivity contribution in [2.45, 2.75) is 65.7 Å². The van der Waals surface area contributed by atoms with Gasteiger partial charge in [0.15, 0.2) is 0 Å². The summed E-state index contributed by atoms with van der Waals surface area (Å²) in [5.41, 5.74) is 0.428. The first-order valence-corrected chi connectivity index (χ1v) is 7.94. The Balaban J connectivity index is 2.23. The average molecular weight is 269 g/mol. The second-order valence-electron chi connectivity index (χ2n) is 6.48. The summed E-state index contributed by atoms with van der Waals surface area (Å²) in [5, 5.41) is 3.33. The van der Waals surface area contributed by atoms with Crippen molar-refractivity contribution in [3.63, 3.8) is 0 Å². The fourth-order valence-electron chi connectivity index (χ4n) is 3.26. The molecule has 19 heavy (non-hydrogen) atoms. The molecule has 0 aromatic rings. The van der Waals surface area contributed by atoms with E-state index in [4.69, 9.17) is 4.74 Å². The molecule has 1 fully saturated rings. The van der Waals surface area contributed by atoms with Crippen molar-refractivity contribution in [1.29, 1.82) is 0 Å². The van der Waals surface area contributed by atoms with Gasteiger partial charge in [-0.1, -0.05) is 40.0 Å². The van der Waals surface area contributed by atoms with E-state index >= 15 is 0 Å². The number of unbranched alkanes of at least 4 members (excludes halogenated alkanes) is 1. The van der Waals surface area contributed by atoms with Crippen LogP contribution in [-0.4, -0.2) is 25.7 Å². The van der Waals surface area contributed by atoms with Crippen molar-refractivity contribution in [3.05, 3.63) is 0 Å². The van der Waals surface area contributed by atoms with Gasteiger partial charge in [-0.05, 0) is 37.0 Å². The van der Waals surface area contributed by atoms with Crippen molar-refractivity contribution in [3.8, 4) is 0 Å². The van der Waals surface area contributed by atoms with Crippen LogP contribution in [0.2, 0.25) is 0 Å². The molecule has 1 N–H and O–H groups in total. The second-order valence-corrected chi connectivity index (χ2v) is 6.48. The molecule has 3 heteroatoms. The predicted octanol–water partition coefficient (Wildman–Crippen LogP) is 3.53. The Bertz CT molecular complexity index is 257. The molecule has 0 bridgehead atoms. The molecule has 0 aromatic carbocycles. The quantitative estimate of drug-likeness (QED) is 0.514. The zero-order chi connectivity index (χ0) is 14.1. The van der Waals surface area contributed by atoms with Gasteiger partial charge in [0.1, 0.15) is 0 Å². The first-order valence-electron chi connectivity index (χ1n) is 7.94. The Morgan fingerprint density at radius 2 is 2.00 bits per heavy atom. The molecule has 3 nitrogen and oxygen atoms in total. The van der Waals surface area contributed by atoms with Crippen LogP contribution in [0.3, 0.4) is 0 Å². The minimum absolute atomic E-state index is 0.105. The van der Waals surface area contributed by atoms with E-state index in [-0.39, 0.29) is 5.97 Å². The highest BCUT2D eigenvalue weighted by Crippen LogP contribution is 2.42. The van der Waals surface area contributed by atoms with E-state index in [0.717, 1.165) is 25.3 Å². The zero-order valence-electron chi connectivity index (χ0n) is 13.0. The van der Waals surface area contributed by atoms with Crippen LogP contribution in [0.1, 0.15) is 65.7 Å². The third kappa shape index (κ3) is 6.42. The number of nitrogens with one attached hydrogen (secondary N) is 1. The summed E-state index contributed by atoms with van der Waals surface area (Å²) in [4.78, 5) is 11.5. The highest BCUT2D eigenvalue weighted by atomic mass is 16.5. The number of hydrogen-bond donors (Lipinski definition) is 1. The van der Waals surface area contributed by atoms with Gasteiger partial charge in [0.25, 0.3) is 0 Å². The lowest BCUT2D eigenvalue weighted by molar-refractivity contribution is -0.142. The number of esters is 1. The number of carbonyl (C=O) groups is 1. The molecule has 1 rings (SSSR count). The molecule has 0 radical (unpaired) electrons. The molecule has 1 aliphatic carbocycles. The fourth-order valence-corrected chi connectivity index (χ4v) is 3.26. The molecular weight excluding hydrogens is 238 g/mol. The highest BCUT2D eigenvalue weighted by Gasteiger charge is 2.33. The van der Waals surface area contributed by atoms with Crippen molar-refractivity contribution in [1.82, 2.24) is 5.32 Å². The van der Waals surface area contributed by atoms with Crippen LogP contribution in [0.4, 0.5) is 0 Å². The van der Waals surface area contributed by atoms with Gasteiger partial charge >= 0.3 is 5.97 Å². The van der Waals surface area contributed by atoms with Crippen LogP contribution in [0, 0.1) is 11.3 Å². The fraction of sp³-hybridized carbons (Fsp3) is 0.938.